The Labute approximate surface area is 118 Å². The highest BCUT2D eigenvalue weighted by Crippen LogP contribution is 2.19. The van der Waals surface area contributed by atoms with Crippen LogP contribution in [0, 0.1) is 0 Å². The zero-order chi connectivity index (χ0) is 13.8. The molecule has 3 rings (SSSR count). The molecule has 106 valence electrons. The maximum atomic E-state index is 5.41. The molecule has 0 bridgehead atoms. The van der Waals surface area contributed by atoms with Gasteiger partial charge in [-0.2, -0.15) is 4.98 Å². The standard InChI is InChI=1S/C14H19N5O/c1-11(19-8-6-16-7-9-19)14-17-13(18-20-14)10-12-2-4-15-5-3-12/h2-5,11,16H,6-10H2,1H3. The highest BCUT2D eigenvalue weighted by molar-refractivity contribution is 5.14. The Hall–Kier alpha value is -1.79. The molecule has 3 heterocycles. The molecule has 1 N–H and O–H groups in total. The van der Waals surface area contributed by atoms with Crippen LogP contribution in [0.2, 0.25) is 0 Å². The van der Waals surface area contributed by atoms with Crippen molar-refractivity contribution in [2.24, 2.45) is 0 Å². The first-order chi connectivity index (χ1) is 9.83. The summed E-state index contributed by atoms with van der Waals surface area (Å²) >= 11 is 0. The minimum atomic E-state index is 0.177. The average molecular weight is 273 g/mol. The monoisotopic (exact) mass is 273 g/mol. The number of pyridine rings is 1. The largest absolute Gasteiger partial charge is 0.338 e. The van der Waals surface area contributed by atoms with E-state index in [1.54, 1.807) is 12.4 Å². The van der Waals surface area contributed by atoms with Gasteiger partial charge < -0.3 is 9.84 Å². The molecular formula is C14H19N5O. The number of hydrogen-bond acceptors (Lipinski definition) is 6. The van der Waals surface area contributed by atoms with Crippen molar-refractivity contribution in [1.29, 1.82) is 0 Å². The molecule has 6 heteroatoms. The third kappa shape index (κ3) is 3.02. The second-order valence-electron chi connectivity index (χ2n) is 5.04. The van der Waals surface area contributed by atoms with E-state index in [-0.39, 0.29) is 6.04 Å². The summed E-state index contributed by atoms with van der Waals surface area (Å²) in [4.78, 5) is 10.9. The first-order valence-electron chi connectivity index (χ1n) is 6.99. The van der Waals surface area contributed by atoms with Gasteiger partial charge in [0.05, 0.1) is 6.04 Å². The second kappa shape index (κ2) is 6.11. The highest BCUT2D eigenvalue weighted by Gasteiger charge is 2.22. The summed E-state index contributed by atoms with van der Waals surface area (Å²) in [6, 6.07) is 4.11. The third-order valence-corrected chi connectivity index (χ3v) is 3.65. The predicted molar refractivity (Wildman–Crippen MR) is 74.2 cm³/mol. The van der Waals surface area contributed by atoms with E-state index in [4.69, 9.17) is 4.52 Å². The van der Waals surface area contributed by atoms with Crippen molar-refractivity contribution in [3.05, 3.63) is 41.8 Å². The molecule has 1 aliphatic heterocycles. The van der Waals surface area contributed by atoms with Crippen LogP contribution in [-0.2, 0) is 6.42 Å². The summed E-state index contributed by atoms with van der Waals surface area (Å²) in [5, 5.41) is 7.42. The average Bonchev–Trinajstić information content (AvgIpc) is 2.97. The van der Waals surface area contributed by atoms with Gasteiger partial charge in [0.25, 0.3) is 0 Å². The molecule has 1 atom stereocenters. The van der Waals surface area contributed by atoms with Crippen LogP contribution >= 0.6 is 0 Å². The zero-order valence-corrected chi connectivity index (χ0v) is 11.6. The van der Waals surface area contributed by atoms with Crippen LogP contribution in [0.25, 0.3) is 0 Å². The van der Waals surface area contributed by atoms with Gasteiger partial charge in [-0.05, 0) is 24.6 Å². The second-order valence-corrected chi connectivity index (χ2v) is 5.04. The van der Waals surface area contributed by atoms with E-state index in [1.807, 2.05) is 12.1 Å². The summed E-state index contributed by atoms with van der Waals surface area (Å²) < 4.78 is 5.41. The Balaban J connectivity index is 1.66. The molecule has 0 aliphatic carbocycles. The van der Waals surface area contributed by atoms with Crippen molar-refractivity contribution in [2.75, 3.05) is 26.2 Å². The molecule has 6 nitrogen and oxygen atoms in total. The molecule has 1 saturated heterocycles. The predicted octanol–water partition coefficient (Wildman–Crippen LogP) is 1.02. The van der Waals surface area contributed by atoms with Gasteiger partial charge in [0.1, 0.15) is 0 Å². The van der Waals surface area contributed by atoms with E-state index in [0.717, 1.165) is 37.6 Å². The normalized spacial score (nSPS) is 18.1. The summed E-state index contributed by atoms with van der Waals surface area (Å²) in [5.41, 5.74) is 1.14. The number of nitrogens with zero attached hydrogens (tertiary/aromatic N) is 4. The van der Waals surface area contributed by atoms with Crippen molar-refractivity contribution < 1.29 is 4.52 Å². The van der Waals surface area contributed by atoms with Crippen LogP contribution in [0.4, 0.5) is 0 Å². The Morgan fingerprint density at radius 1 is 1.30 bits per heavy atom. The quantitative estimate of drug-likeness (QED) is 0.897. The summed E-state index contributed by atoms with van der Waals surface area (Å²) in [6.45, 7) is 6.19. The fourth-order valence-electron chi connectivity index (χ4n) is 2.42. The molecule has 1 unspecified atom stereocenters. The summed E-state index contributed by atoms with van der Waals surface area (Å²) in [6.07, 6.45) is 4.24. The molecule has 0 saturated carbocycles. The number of hydrogen-bond donors (Lipinski definition) is 1. The van der Waals surface area contributed by atoms with Crippen molar-refractivity contribution in [3.8, 4) is 0 Å². The van der Waals surface area contributed by atoms with Crippen LogP contribution in [0.5, 0.6) is 0 Å². The van der Waals surface area contributed by atoms with Crippen LogP contribution in [0.3, 0.4) is 0 Å². The van der Waals surface area contributed by atoms with Crippen molar-refractivity contribution in [1.82, 2.24) is 25.3 Å². The number of aromatic nitrogens is 3. The van der Waals surface area contributed by atoms with E-state index in [9.17, 15) is 0 Å². The molecule has 0 aromatic carbocycles. The molecule has 0 amide bonds. The van der Waals surface area contributed by atoms with Gasteiger partial charge in [-0.25, -0.2) is 0 Å². The lowest BCUT2D eigenvalue weighted by Crippen LogP contribution is -2.44. The fourth-order valence-corrected chi connectivity index (χ4v) is 2.42. The first-order valence-corrected chi connectivity index (χ1v) is 6.99. The number of piperazine rings is 1. The van der Waals surface area contributed by atoms with Crippen LogP contribution in [-0.4, -0.2) is 46.2 Å². The third-order valence-electron chi connectivity index (χ3n) is 3.65. The highest BCUT2D eigenvalue weighted by atomic mass is 16.5. The van der Waals surface area contributed by atoms with E-state index in [0.29, 0.717) is 12.3 Å². The minimum absolute atomic E-state index is 0.177. The zero-order valence-electron chi connectivity index (χ0n) is 11.6. The molecular weight excluding hydrogens is 254 g/mol. The maximum Gasteiger partial charge on any atom is 0.243 e. The van der Waals surface area contributed by atoms with Gasteiger partial charge in [0.2, 0.25) is 5.89 Å². The lowest BCUT2D eigenvalue weighted by molar-refractivity contribution is 0.154. The summed E-state index contributed by atoms with van der Waals surface area (Å²) in [5.74, 6) is 1.43. The lowest BCUT2D eigenvalue weighted by atomic mass is 10.2. The van der Waals surface area contributed by atoms with Crippen LogP contribution in [0.1, 0.15) is 30.2 Å². The van der Waals surface area contributed by atoms with Crippen molar-refractivity contribution in [2.45, 2.75) is 19.4 Å². The molecule has 0 spiro atoms. The maximum absolute atomic E-state index is 5.41. The first kappa shape index (κ1) is 13.2. The minimum Gasteiger partial charge on any atom is -0.338 e. The Bertz CT molecular complexity index is 536. The summed E-state index contributed by atoms with van der Waals surface area (Å²) in [7, 11) is 0. The number of rotatable bonds is 4. The van der Waals surface area contributed by atoms with E-state index >= 15 is 0 Å². The van der Waals surface area contributed by atoms with E-state index in [2.05, 4.69) is 32.3 Å². The topological polar surface area (TPSA) is 67.1 Å². The number of nitrogens with one attached hydrogen (secondary N) is 1. The Kier molecular flexibility index (Phi) is 4.03. The van der Waals surface area contributed by atoms with Gasteiger partial charge in [-0.3, -0.25) is 9.88 Å². The van der Waals surface area contributed by atoms with Crippen LogP contribution in [0.15, 0.2) is 29.0 Å². The van der Waals surface area contributed by atoms with Gasteiger partial charge in [-0.15, -0.1) is 0 Å². The Morgan fingerprint density at radius 3 is 2.80 bits per heavy atom. The van der Waals surface area contributed by atoms with Crippen LogP contribution < -0.4 is 5.32 Å². The Morgan fingerprint density at radius 2 is 2.05 bits per heavy atom. The molecule has 0 radical (unpaired) electrons. The van der Waals surface area contributed by atoms with Gasteiger partial charge in [-0.1, -0.05) is 5.16 Å². The smallest absolute Gasteiger partial charge is 0.243 e. The lowest BCUT2D eigenvalue weighted by Gasteiger charge is -2.30. The van der Waals surface area contributed by atoms with Crippen molar-refractivity contribution >= 4 is 0 Å². The van der Waals surface area contributed by atoms with Gasteiger partial charge >= 0.3 is 0 Å². The molecule has 2 aromatic heterocycles. The fraction of sp³-hybridized carbons (Fsp3) is 0.500. The SMILES string of the molecule is CC(c1nc(Cc2ccncc2)no1)N1CCNCC1. The molecule has 20 heavy (non-hydrogen) atoms. The van der Waals surface area contributed by atoms with E-state index < -0.39 is 0 Å². The van der Waals surface area contributed by atoms with E-state index in [1.165, 1.54) is 0 Å². The molecule has 1 fully saturated rings. The van der Waals surface area contributed by atoms with Gasteiger partial charge in [0, 0.05) is 45.0 Å². The van der Waals surface area contributed by atoms with Crippen molar-refractivity contribution in [3.63, 3.8) is 0 Å². The molecule has 2 aromatic rings. The molecule has 1 aliphatic rings. The van der Waals surface area contributed by atoms with Gasteiger partial charge in [0.15, 0.2) is 5.82 Å².